The molecule has 6 nitrogen and oxygen atoms in total. The highest BCUT2D eigenvalue weighted by atomic mass is 32.2. The van der Waals surface area contributed by atoms with Gasteiger partial charge in [0.05, 0.1) is 4.90 Å². The number of anilines is 2. The minimum absolute atomic E-state index is 0.0615. The molecule has 2 aromatic rings. The largest absolute Gasteiger partial charge is 0.312 e. The molecule has 130 valence electrons. The SMILES string of the molecule is CC(=O)c1cccc(NS(=O)(=O)c2ccc3c(c2)CCN3C(C)=O)c1. The molecule has 25 heavy (non-hydrogen) atoms. The van der Waals surface area contributed by atoms with Gasteiger partial charge in [-0.2, -0.15) is 0 Å². The van der Waals surface area contributed by atoms with E-state index in [0.29, 0.717) is 24.2 Å². The normalized spacial score (nSPS) is 13.4. The zero-order valence-electron chi connectivity index (χ0n) is 13.9. The lowest BCUT2D eigenvalue weighted by Crippen LogP contribution is -2.25. The molecule has 0 aromatic heterocycles. The highest BCUT2D eigenvalue weighted by molar-refractivity contribution is 7.92. The zero-order valence-corrected chi connectivity index (χ0v) is 14.8. The topological polar surface area (TPSA) is 83.6 Å². The molecule has 0 saturated heterocycles. The Balaban J connectivity index is 1.90. The van der Waals surface area contributed by atoms with Gasteiger partial charge < -0.3 is 4.90 Å². The van der Waals surface area contributed by atoms with Crippen LogP contribution in [0, 0.1) is 0 Å². The van der Waals surface area contributed by atoms with E-state index in [1.165, 1.54) is 26.0 Å². The van der Waals surface area contributed by atoms with Gasteiger partial charge in [-0.3, -0.25) is 14.3 Å². The smallest absolute Gasteiger partial charge is 0.261 e. The van der Waals surface area contributed by atoms with Crippen LogP contribution in [-0.2, 0) is 21.2 Å². The van der Waals surface area contributed by atoms with Crippen molar-refractivity contribution in [2.45, 2.75) is 25.2 Å². The first-order valence-corrected chi connectivity index (χ1v) is 9.31. The highest BCUT2D eigenvalue weighted by Crippen LogP contribution is 2.30. The van der Waals surface area contributed by atoms with Crippen molar-refractivity contribution in [3.63, 3.8) is 0 Å². The first kappa shape index (κ1) is 17.2. The van der Waals surface area contributed by atoms with Crippen LogP contribution < -0.4 is 9.62 Å². The van der Waals surface area contributed by atoms with Crippen LogP contribution in [0.1, 0.15) is 29.8 Å². The third kappa shape index (κ3) is 3.41. The molecule has 3 rings (SSSR count). The lowest BCUT2D eigenvalue weighted by atomic mass is 10.1. The van der Waals surface area contributed by atoms with Gasteiger partial charge in [0.2, 0.25) is 5.91 Å². The molecule has 1 aliphatic rings. The Morgan fingerprint density at radius 3 is 2.52 bits per heavy atom. The summed E-state index contributed by atoms with van der Waals surface area (Å²) in [6.45, 7) is 3.47. The van der Waals surface area contributed by atoms with Crippen LogP contribution >= 0.6 is 0 Å². The minimum atomic E-state index is -3.78. The molecule has 2 aromatic carbocycles. The third-order valence-corrected chi connectivity index (χ3v) is 5.54. The summed E-state index contributed by atoms with van der Waals surface area (Å²) in [5.74, 6) is -0.198. The number of sulfonamides is 1. The fourth-order valence-electron chi connectivity index (χ4n) is 2.89. The predicted octanol–water partition coefficient (Wildman–Crippen LogP) is 2.60. The van der Waals surface area contributed by atoms with Crippen molar-refractivity contribution in [2.75, 3.05) is 16.2 Å². The van der Waals surface area contributed by atoms with Crippen LogP contribution in [-0.4, -0.2) is 26.7 Å². The van der Waals surface area contributed by atoms with Crippen molar-refractivity contribution >= 4 is 33.1 Å². The molecule has 0 atom stereocenters. The molecule has 1 heterocycles. The van der Waals surface area contributed by atoms with Crippen molar-refractivity contribution in [1.29, 1.82) is 0 Å². The third-order valence-electron chi connectivity index (χ3n) is 4.16. The molecule has 0 unspecified atom stereocenters. The summed E-state index contributed by atoms with van der Waals surface area (Å²) >= 11 is 0. The number of nitrogens with zero attached hydrogens (tertiary/aromatic N) is 1. The van der Waals surface area contributed by atoms with Crippen molar-refractivity contribution in [3.8, 4) is 0 Å². The second-order valence-corrected chi connectivity index (χ2v) is 7.64. The molecule has 0 radical (unpaired) electrons. The average Bonchev–Trinajstić information content (AvgIpc) is 2.98. The molecule has 7 heteroatoms. The second kappa shape index (κ2) is 6.33. The van der Waals surface area contributed by atoms with E-state index in [4.69, 9.17) is 0 Å². The van der Waals surface area contributed by atoms with E-state index in [9.17, 15) is 18.0 Å². The van der Waals surface area contributed by atoms with E-state index >= 15 is 0 Å². The Hall–Kier alpha value is -2.67. The quantitative estimate of drug-likeness (QED) is 0.852. The minimum Gasteiger partial charge on any atom is -0.312 e. The Bertz CT molecular complexity index is 967. The lowest BCUT2D eigenvalue weighted by molar-refractivity contribution is -0.116. The van der Waals surface area contributed by atoms with Gasteiger partial charge in [-0.05, 0) is 49.2 Å². The number of benzene rings is 2. The van der Waals surface area contributed by atoms with Crippen LogP contribution in [0.15, 0.2) is 47.4 Å². The van der Waals surface area contributed by atoms with Crippen LogP contribution in [0.5, 0.6) is 0 Å². The summed E-state index contributed by atoms with van der Waals surface area (Å²) in [5.41, 5.74) is 2.35. The maximum atomic E-state index is 12.6. The Labute approximate surface area is 146 Å². The van der Waals surface area contributed by atoms with Gasteiger partial charge in [-0.15, -0.1) is 0 Å². The van der Waals surface area contributed by atoms with Gasteiger partial charge in [0.25, 0.3) is 10.0 Å². The summed E-state index contributed by atoms with van der Waals surface area (Å²) in [7, 11) is -3.78. The summed E-state index contributed by atoms with van der Waals surface area (Å²) in [6.07, 6.45) is 0.623. The Kier molecular flexibility index (Phi) is 4.34. The number of Topliss-reactive ketones (excluding diaryl/α,β-unsaturated/α-hetero) is 1. The number of ketones is 1. The van der Waals surface area contributed by atoms with Gasteiger partial charge >= 0.3 is 0 Å². The number of carbonyl (C=O) groups excluding carboxylic acids is 2. The maximum Gasteiger partial charge on any atom is 0.261 e. The number of nitrogens with one attached hydrogen (secondary N) is 1. The van der Waals surface area contributed by atoms with Crippen molar-refractivity contribution in [1.82, 2.24) is 0 Å². The van der Waals surface area contributed by atoms with Crippen LogP contribution in [0.25, 0.3) is 0 Å². The maximum absolute atomic E-state index is 12.6. The molecule has 1 aliphatic heterocycles. The number of hydrogen-bond acceptors (Lipinski definition) is 4. The fourth-order valence-corrected chi connectivity index (χ4v) is 3.99. The van der Waals surface area contributed by atoms with Gasteiger partial charge in [0.1, 0.15) is 0 Å². The van der Waals surface area contributed by atoms with E-state index in [1.54, 1.807) is 35.2 Å². The van der Waals surface area contributed by atoms with Gasteiger partial charge in [-0.25, -0.2) is 8.42 Å². The van der Waals surface area contributed by atoms with Crippen molar-refractivity contribution in [2.24, 2.45) is 0 Å². The first-order chi connectivity index (χ1) is 11.8. The molecule has 0 fully saturated rings. The first-order valence-electron chi connectivity index (χ1n) is 7.83. The van der Waals surface area contributed by atoms with Gasteiger partial charge in [0, 0.05) is 30.4 Å². The number of rotatable bonds is 4. The standard InChI is InChI=1S/C18H18N2O4S/c1-12(21)14-4-3-5-16(10-14)19-25(23,24)17-6-7-18-15(11-17)8-9-20(18)13(2)22/h3-7,10-11,19H,8-9H2,1-2H3. The highest BCUT2D eigenvalue weighted by Gasteiger charge is 2.24. The fraction of sp³-hybridized carbons (Fsp3) is 0.222. The van der Waals surface area contributed by atoms with Gasteiger partial charge in [0.15, 0.2) is 5.78 Å². The van der Waals surface area contributed by atoms with E-state index in [-0.39, 0.29) is 16.6 Å². The van der Waals surface area contributed by atoms with Crippen LogP contribution in [0.3, 0.4) is 0 Å². The van der Waals surface area contributed by atoms with Gasteiger partial charge in [-0.1, -0.05) is 12.1 Å². The number of carbonyl (C=O) groups is 2. The molecular formula is C18H18N2O4S. The Morgan fingerprint density at radius 2 is 1.84 bits per heavy atom. The predicted molar refractivity (Wildman–Crippen MR) is 95.4 cm³/mol. The number of hydrogen-bond donors (Lipinski definition) is 1. The van der Waals surface area contributed by atoms with Crippen molar-refractivity contribution in [3.05, 3.63) is 53.6 Å². The van der Waals surface area contributed by atoms with Crippen molar-refractivity contribution < 1.29 is 18.0 Å². The van der Waals surface area contributed by atoms with E-state index in [1.807, 2.05) is 0 Å². The summed E-state index contributed by atoms with van der Waals surface area (Å²) < 4.78 is 27.7. The van der Waals surface area contributed by atoms with Crippen LogP contribution in [0.4, 0.5) is 11.4 Å². The van der Waals surface area contributed by atoms with E-state index in [0.717, 1.165) is 11.3 Å². The lowest BCUT2D eigenvalue weighted by Gasteiger charge is -2.15. The van der Waals surface area contributed by atoms with E-state index < -0.39 is 10.0 Å². The molecule has 0 spiro atoms. The summed E-state index contributed by atoms with van der Waals surface area (Å²) in [5, 5.41) is 0. The number of amides is 1. The zero-order chi connectivity index (χ0) is 18.2. The summed E-state index contributed by atoms with van der Waals surface area (Å²) in [6, 6.07) is 11.1. The van der Waals surface area contributed by atoms with E-state index in [2.05, 4.69) is 4.72 Å². The monoisotopic (exact) mass is 358 g/mol. The average molecular weight is 358 g/mol. The number of fused-ring (bicyclic) bond motifs is 1. The molecule has 0 saturated carbocycles. The molecule has 0 aliphatic carbocycles. The van der Waals surface area contributed by atoms with Crippen LogP contribution in [0.2, 0.25) is 0 Å². The second-order valence-electron chi connectivity index (χ2n) is 5.95. The molecule has 1 N–H and O–H groups in total. The summed E-state index contributed by atoms with van der Waals surface area (Å²) in [4.78, 5) is 24.8. The Morgan fingerprint density at radius 1 is 1.08 bits per heavy atom. The molecule has 0 bridgehead atoms. The molecule has 1 amide bonds. The molecular weight excluding hydrogens is 340 g/mol.